The highest BCUT2D eigenvalue weighted by Gasteiger charge is 2.17. The molecule has 2 N–H and O–H groups in total. The third-order valence-corrected chi connectivity index (χ3v) is 2.80. The van der Waals surface area contributed by atoms with E-state index in [1.54, 1.807) is 0 Å². The van der Waals surface area contributed by atoms with E-state index in [0.29, 0.717) is 18.0 Å². The van der Waals surface area contributed by atoms with E-state index in [0.717, 1.165) is 25.2 Å². The molecule has 1 aliphatic heterocycles. The molecule has 18 heavy (non-hydrogen) atoms. The van der Waals surface area contributed by atoms with Gasteiger partial charge in [0, 0.05) is 25.6 Å². The second kappa shape index (κ2) is 6.66. The number of carbonyl (C=O) groups is 1. The van der Waals surface area contributed by atoms with Gasteiger partial charge in [-0.25, -0.2) is 8.78 Å². The van der Waals surface area contributed by atoms with Gasteiger partial charge in [-0.2, -0.15) is 0 Å². The first-order chi connectivity index (χ1) is 8.15. The Hall–Kier alpha value is -1.20. The van der Waals surface area contributed by atoms with E-state index < -0.39 is 11.6 Å². The number of hydrogen-bond donors (Lipinski definition) is 2. The number of amides is 1. The van der Waals surface area contributed by atoms with E-state index in [-0.39, 0.29) is 24.7 Å². The molecular formula is C12H15ClF2N2O. The van der Waals surface area contributed by atoms with Crippen molar-refractivity contribution in [2.24, 2.45) is 5.92 Å². The van der Waals surface area contributed by atoms with Crippen LogP contribution in [0.4, 0.5) is 8.78 Å². The summed E-state index contributed by atoms with van der Waals surface area (Å²) >= 11 is 0. The molecule has 100 valence electrons. The van der Waals surface area contributed by atoms with Gasteiger partial charge in [-0.05, 0) is 17.7 Å². The molecule has 0 bridgehead atoms. The van der Waals surface area contributed by atoms with Crippen molar-refractivity contribution in [1.29, 1.82) is 0 Å². The van der Waals surface area contributed by atoms with Crippen molar-refractivity contribution in [3.8, 4) is 0 Å². The largest absolute Gasteiger partial charge is 0.355 e. The summed E-state index contributed by atoms with van der Waals surface area (Å²) in [6, 6.07) is 3.51. The average Bonchev–Trinajstić information content (AvgIpc) is 2.21. The zero-order valence-electron chi connectivity index (χ0n) is 9.71. The maximum Gasteiger partial charge on any atom is 0.224 e. The van der Waals surface area contributed by atoms with Crippen LogP contribution in [0.25, 0.3) is 0 Å². The summed E-state index contributed by atoms with van der Waals surface area (Å²) in [4.78, 5) is 11.5. The molecule has 0 aromatic heterocycles. The molecule has 2 rings (SSSR count). The summed E-state index contributed by atoms with van der Waals surface area (Å²) < 4.78 is 25.6. The highest BCUT2D eigenvalue weighted by atomic mass is 35.5. The van der Waals surface area contributed by atoms with Crippen molar-refractivity contribution >= 4 is 18.3 Å². The third-order valence-electron chi connectivity index (χ3n) is 2.80. The molecule has 1 amide bonds. The lowest BCUT2D eigenvalue weighted by Crippen LogP contribution is -2.48. The van der Waals surface area contributed by atoms with Gasteiger partial charge in [-0.15, -0.1) is 12.4 Å². The topological polar surface area (TPSA) is 41.1 Å². The number of hydrogen-bond acceptors (Lipinski definition) is 2. The summed E-state index contributed by atoms with van der Waals surface area (Å²) in [6.45, 7) is 2.48. The smallest absolute Gasteiger partial charge is 0.224 e. The number of nitrogens with one attached hydrogen (secondary N) is 2. The van der Waals surface area contributed by atoms with Crippen molar-refractivity contribution in [3.63, 3.8) is 0 Å². The molecule has 6 heteroatoms. The van der Waals surface area contributed by atoms with E-state index in [9.17, 15) is 13.6 Å². The Morgan fingerprint density at radius 2 is 2.06 bits per heavy atom. The molecule has 0 radical (unpaired) electrons. The van der Waals surface area contributed by atoms with Crippen molar-refractivity contribution in [2.75, 3.05) is 19.6 Å². The molecule has 3 nitrogen and oxygen atoms in total. The van der Waals surface area contributed by atoms with Gasteiger partial charge in [-0.1, -0.05) is 6.07 Å². The van der Waals surface area contributed by atoms with E-state index >= 15 is 0 Å². The number of carbonyl (C=O) groups excluding carboxylic acids is 1. The van der Waals surface area contributed by atoms with Crippen LogP contribution >= 0.6 is 12.4 Å². The van der Waals surface area contributed by atoms with Crippen LogP contribution in [0.2, 0.25) is 0 Å². The lowest BCUT2D eigenvalue weighted by molar-refractivity contribution is -0.120. The molecule has 0 unspecified atom stereocenters. The fraction of sp³-hybridized carbons (Fsp3) is 0.417. The monoisotopic (exact) mass is 276 g/mol. The SMILES string of the molecule is Cl.O=C(Cc1ccc(F)c(F)c1)NCC1CNC1. The molecule has 1 aromatic carbocycles. The van der Waals surface area contributed by atoms with Gasteiger partial charge in [0.25, 0.3) is 0 Å². The van der Waals surface area contributed by atoms with E-state index in [1.807, 2.05) is 0 Å². The van der Waals surface area contributed by atoms with Crippen molar-refractivity contribution in [2.45, 2.75) is 6.42 Å². The van der Waals surface area contributed by atoms with E-state index in [1.165, 1.54) is 6.07 Å². The summed E-state index contributed by atoms with van der Waals surface area (Å²) in [5.41, 5.74) is 0.480. The molecule has 0 atom stereocenters. The molecule has 0 aliphatic carbocycles. The van der Waals surface area contributed by atoms with E-state index in [4.69, 9.17) is 0 Å². The minimum absolute atomic E-state index is 0. The summed E-state index contributed by atoms with van der Waals surface area (Å²) in [5, 5.41) is 5.88. The van der Waals surface area contributed by atoms with Gasteiger partial charge < -0.3 is 10.6 Å². The van der Waals surface area contributed by atoms with Gasteiger partial charge in [-0.3, -0.25) is 4.79 Å². The molecule has 1 fully saturated rings. The molecule has 0 spiro atoms. The minimum Gasteiger partial charge on any atom is -0.355 e. The Morgan fingerprint density at radius 3 is 2.61 bits per heavy atom. The van der Waals surface area contributed by atoms with Crippen LogP contribution < -0.4 is 10.6 Å². The van der Waals surface area contributed by atoms with Gasteiger partial charge in [0.2, 0.25) is 5.91 Å². The van der Waals surface area contributed by atoms with Crippen LogP contribution in [0.1, 0.15) is 5.56 Å². The van der Waals surface area contributed by atoms with Crippen LogP contribution in [0.15, 0.2) is 18.2 Å². The van der Waals surface area contributed by atoms with Crippen LogP contribution in [0.3, 0.4) is 0 Å². The molecule has 0 saturated carbocycles. The molecule has 1 aromatic rings. The lowest BCUT2D eigenvalue weighted by atomic mass is 10.0. The van der Waals surface area contributed by atoms with Crippen molar-refractivity contribution in [3.05, 3.63) is 35.4 Å². The molecular weight excluding hydrogens is 262 g/mol. The first kappa shape index (κ1) is 14.9. The van der Waals surface area contributed by atoms with Crippen molar-refractivity contribution in [1.82, 2.24) is 10.6 Å². The fourth-order valence-electron chi connectivity index (χ4n) is 1.65. The predicted molar refractivity (Wildman–Crippen MR) is 66.7 cm³/mol. The van der Waals surface area contributed by atoms with Gasteiger partial charge in [0.05, 0.1) is 6.42 Å². The number of benzene rings is 1. The van der Waals surface area contributed by atoms with Gasteiger partial charge in [0.1, 0.15) is 0 Å². The Morgan fingerprint density at radius 1 is 1.33 bits per heavy atom. The first-order valence-corrected chi connectivity index (χ1v) is 5.56. The molecule has 1 saturated heterocycles. The van der Waals surface area contributed by atoms with E-state index in [2.05, 4.69) is 10.6 Å². The Balaban J connectivity index is 0.00000162. The van der Waals surface area contributed by atoms with Gasteiger partial charge in [0.15, 0.2) is 11.6 Å². The maximum absolute atomic E-state index is 12.9. The Labute approximate surface area is 110 Å². The highest BCUT2D eigenvalue weighted by Crippen LogP contribution is 2.09. The predicted octanol–water partition coefficient (Wildman–Crippen LogP) is 1.26. The van der Waals surface area contributed by atoms with Crippen LogP contribution in [0, 0.1) is 17.6 Å². The van der Waals surface area contributed by atoms with Crippen LogP contribution in [-0.2, 0) is 11.2 Å². The normalized spacial score (nSPS) is 14.6. The zero-order chi connectivity index (χ0) is 12.3. The number of rotatable bonds is 4. The quantitative estimate of drug-likeness (QED) is 0.869. The number of halogens is 3. The Bertz CT molecular complexity index is 425. The Kier molecular flexibility index (Phi) is 5.50. The third kappa shape index (κ3) is 3.92. The zero-order valence-corrected chi connectivity index (χ0v) is 10.5. The maximum atomic E-state index is 12.9. The average molecular weight is 277 g/mol. The van der Waals surface area contributed by atoms with Crippen molar-refractivity contribution < 1.29 is 13.6 Å². The molecule has 1 heterocycles. The van der Waals surface area contributed by atoms with Gasteiger partial charge >= 0.3 is 0 Å². The minimum atomic E-state index is -0.918. The fourth-order valence-corrected chi connectivity index (χ4v) is 1.65. The second-order valence-corrected chi connectivity index (χ2v) is 4.25. The second-order valence-electron chi connectivity index (χ2n) is 4.25. The summed E-state index contributed by atoms with van der Waals surface area (Å²) in [6.07, 6.45) is 0.0807. The van der Waals surface area contributed by atoms with Crippen LogP contribution in [-0.4, -0.2) is 25.5 Å². The molecule has 1 aliphatic rings. The summed E-state index contributed by atoms with van der Waals surface area (Å²) in [7, 11) is 0. The summed E-state index contributed by atoms with van der Waals surface area (Å²) in [5.74, 6) is -1.49. The lowest BCUT2D eigenvalue weighted by Gasteiger charge is -2.27. The standard InChI is InChI=1S/C12H14F2N2O.ClH/c13-10-2-1-8(3-11(10)14)4-12(17)16-7-9-5-15-6-9;/h1-3,9,15H,4-7H2,(H,16,17);1H. The highest BCUT2D eigenvalue weighted by molar-refractivity contribution is 5.85. The van der Waals surface area contributed by atoms with Crippen LogP contribution in [0.5, 0.6) is 0 Å². The first-order valence-electron chi connectivity index (χ1n) is 5.56.